The SMILES string of the molecule is Cc1ccc(N2CCN(N=Cc3cccnc3)CC2)cc1. The maximum atomic E-state index is 4.54. The first-order valence-corrected chi connectivity index (χ1v) is 7.32. The third-order valence-corrected chi connectivity index (χ3v) is 3.71. The van der Waals surface area contributed by atoms with E-state index >= 15 is 0 Å². The Bertz CT molecular complexity index is 584. The van der Waals surface area contributed by atoms with Crippen molar-refractivity contribution in [2.45, 2.75) is 6.92 Å². The number of piperazine rings is 1. The van der Waals surface area contributed by atoms with Crippen LogP contribution in [0.25, 0.3) is 0 Å². The topological polar surface area (TPSA) is 31.7 Å². The van der Waals surface area contributed by atoms with Crippen molar-refractivity contribution < 1.29 is 0 Å². The molecule has 0 atom stereocenters. The lowest BCUT2D eigenvalue weighted by Gasteiger charge is -2.34. The number of hydrazone groups is 1. The fourth-order valence-corrected chi connectivity index (χ4v) is 2.43. The summed E-state index contributed by atoms with van der Waals surface area (Å²) in [5.74, 6) is 0. The highest BCUT2D eigenvalue weighted by atomic mass is 15.5. The van der Waals surface area contributed by atoms with Gasteiger partial charge in [-0.15, -0.1) is 0 Å². The van der Waals surface area contributed by atoms with Gasteiger partial charge in [0, 0.05) is 36.7 Å². The molecule has 0 N–H and O–H groups in total. The Labute approximate surface area is 125 Å². The average Bonchev–Trinajstić information content (AvgIpc) is 2.55. The second-order valence-corrected chi connectivity index (χ2v) is 5.31. The molecule has 1 fully saturated rings. The van der Waals surface area contributed by atoms with E-state index in [-0.39, 0.29) is 0 Å². The number of hydrogen-bond acceptors (Lipinski definition) is 4. The van der Waals surface area contributed by atoms with Crippen molar-refractivity contribution in [2.75, 3.05) is 31.1 Å². The summed E-state index contributed by atoms with van der Waals surface area (Å²) in [5, 5.41) is 6.66. The van der Waals surface area contributed by atoms with Gasteiger partial charge in [-0.1, -0.05) is 23.8 Å². The summed E-state index contributed by atoms with van der Waals surface area (Å²) in [4.78, 5) is 6.50. The summed E-state index contributed by atoms with van der Waals surface area (Å²) in [6.07, 6.45) is 5.48. The fourth-order valence-electron chi connectivity index (χ4n) is 2.43. The molecule has 1 aromatic heterocycles. The number of anilines is 1. The van der Waals surface area contributed by atoms with Crippen LogP contribution in [0, 0.1) is 6.92 Å². The number of aryl methyl sites for hydroxylation is 1. The highest BCUT2D eigenvalue weighted by Crippen LogP contribution is 2.17. The van der Waals surface area contributed by atoms with E-state index in [0.29, 0.717) is 0 Å². The molecule has 0 unspecified atom stereocenters. The van der Waals surface area contributed by atoms with Gasteiger partial charge in [0.25, 0.3) is 0 Å². The third-order valence-electron chi connectivity index (χ3n) is 3.71. The zero-order valence-corrected chi connectivity index (χ0v) is 12.3. The summed E-state index contributed by atoms with van der Waals surface area (Å²) in [7, 11) is 0. The predicted octanol–water partition coefficient (Wildman–Crippen LogP) is 2.55. The van der Waals surface area contributed by atoms with E-state index < -0.39 is 0 Å². The van der Waals surface area contributed by atoms with E-state index in [9.17, 15) is 0 Å². The largest absolute Gasteiger partial charge is 0.368 e. The Balaban J connectivity index is 1.55. The summed E-state index contributed by atoms with van der Waals surface area (Å²) < 4.78 is 0. The van der Waals surface area contributed by atoms with Crippen LogP contribution in [0.3, 0.4) is 0 Å². The average molecular weight is 280 g/mol. The molecule has 2 aromatic rings. The zero-order chi connectivity index (χ0) is 14.5. The van der Waals surface area contributed by atoms with Crippen LogP contribution >= 0.6 is 0 Å². The minimum atomic E-state index is 0.949. The third kappa shape index (κ3) is 3.60. The molecule has 0 amide bonds. The second-order valence-electron chi connectivity index (χ2n) is 5.31. The normalized spacial score (nSPS) is 15.7. The molecule has 0 aliphatic carbocycles. The van der Waals surface area contributed by atoms with Gasteiger partial charge in [-0.25, -0.2) is 0 Å². The lowest BCUT2D eigenvalue weighted by Crippen LogP contribution is -2.44. The number of nitrogens with zero attached hydrogens (tertiary/aromatic N) is 4. The van der Waals surface area contributed by atoms with Gasteiger partial charge in [-0.05, 0) is 25.1 Å². The smallest absolute Gasteiger partial charge is 0.0558 e. The van der Waals surface area contributed by atoms with Crippen molar-refractivity contribution in [1.29, 1.82) is 0 Å². The van der Waals surface area contributed by atoms with Crippen molar-refractivity contribution >= 4 is 11.9 Å². The Kier molecular flexibility index (Phi) is 4.15. The summed E-state index contributed by atoms with van der Waals surface area (Å²) >= 11 is 0. The molecule has 3 rings (SSSR count). The van der Waals surface area contributed by atoms with E-state index in [1.54, 1.807) is 6.20 Å². The standard InChI is InChI=1S/C17H20N4/c1-15-4-6-17(7-5-15)20-9-11-21(12-10-20)19-14-16-3-2-8-18-13-16/h2-8,13-14H,9-12H2,1H3. The molecule has 0 bridgehead atoms. The second kappa shape index (κ2) is 6.39. The van der Waals surface area contributed by atoms with Crippen LogP contribution < -0.4 is 4.90 Å². The molecule has 1 saturated heterocycles. The molecule has 2 heterocycles. The van der Waals surface area contributed by atoms with Gasteiger partial charge in [0.15, 0.2) is 0 Å². The molecular formula is C17H20N4. The Morgan fingerprint density at radius 1 is 1.05 bits per heavy atom. The molecular weight excluding hydrogens is 260 g/mol. The van der Waals surface area contributed by atoms with E-state index in [0.717, 1.165) is 31.7 Å². The van der Waals surface area contributed by atoms with Crippen LogP contribution in [0.4, 0.5) is 5.69 Å². The minimum Gasteiger partial charge on any atom is -0.368 e. The molecule has 1 aliphatic rings. The van der Waals surface area contributed by atoms with Crippen molar-refractivity contribution in [1.82, 2.24) is 9.99 Å². The van der Waals surface area contributed by atoms with Crippen molar-refractivity contribution in [3.8, 4) is 0 Å². The number of benzene rings is 1. The highest BCUT2D eigenvalue weighted by Gasteiger charge is 2.15. The van der Waals surface area contributed by atoms with E-state index in [4.69, 9.17) is 0 Å². The first-order valence-electron chi connectivity index (χ1n) is 7.32. The van der Waals surface area contributed by atoms with Gasteiger partial charge >= 0.3 is 0 Å². The molecule has 0 saturated carbocycles. The first kappa shape index (κ1) is 13.6. The van der Waals surface area contributed by atoms with Gasteiger partial charge in [-0.3, -0.25) is 9.99 Å². The van der Waals surface area contributed by atoms with Crippen LogP contribution in [-0.4, -0.2) is 42.4 Å². The highest BCUT2D eigenvalue weighted by molar-refractivity contribution is 5.78. The first-order chi connectivity index (χ1) is 10.3. The molecule has 108 valence electrons. The molecule has 0 radical (unpaired) electrons. The molecule has 21 heavy (non-hydrogen) atoms. The van der Waals surface area contributed by atoms with Crippen LogP contribution in [0.2, 0.25) is 0 Å². The molecule has 0 spiro atoms. The number of pyridine rings is 1. The lowest BCUT2D eigenvalue weighted by molar-refractivity contribution is 0.272. The van der Waals surface area contributed by atoms with Crippen LogP contribution in [0.1, 0.15) is 11.1 Å². The molecule has 1 aromatic carbocycles. The molecule has 4 heteroatoms. The summed E-state index contributed by atoms with van der Waals surface area (Å²) in [6, 6.07) is 12.7. The van der Waals surface area contributed by atoms with Crippen LogP contribution in [-0.2, 0) is 0 Å². The minimum absolute atomic E-state index is 0.949. The van der Waals surface area contributed by atoms with Gasteiger partial charge in [0.05, 0.1) is 19.3 Å². The van der Waals surface area contributed by atoms with Gasteiger partial charge in [-0.2, -0.15) is 5.10 Å². The van der Waals surface area contributed by atoms with Crippen molar-refractivity contribution in [3.05, 3.63) is 59.9 Å². The van der Waals surface area contributed by atoms with Gasteiger partial charge in [0.2, 0.25) is 0 Å². The molecule has 1 aliphatic heterocycles. The van der Waals surface area contributed by atoms with Gasteiger partial charge in [0.1, 0.15) is 0 Å². The molecule has 4 nitrogen and oxygen atoms in total. The number of rotatable bonds is 3. The fraction of sp³-hybridized carbons (Fsp3) is 0.294. The maximum absolute atomic E-state index is 4.54. The predicted molar refractivity (Wildman–Crippen MR) is 86.8 cm³/mol. The Morgan fingerprint density at radius 3 is 2.48 bits per heavy atom. The van der Waals surface area contributed by atoms with Crippen LogP contribution in [0.5, 0.6) is 0 Å². The van der Waals surface area contributed by atoms with E-state index in [2.05, 4.69) is 51.2 Å². The lowest BCUT2D eigenvalue weighted by atomic mass is 10.2. The monoisotopic (exact) mass is 280 g/mol. The van der Waals surface area contributed by atoms with Crippen molar-refractivity contribution in [3.63, 3.8) is 0 Å². The zero-order valence-electron chi connectivity index (χ0n) is 12.3. The van der Waals surface area contributed by atoms with Crippen LogP contribution in [0.15, 0.2) is 53.9 Å². The number of aromatic nitrogens is 1. The summed E-state index contributed by atoms with van der Waals surface area (Å²) in [6.45, 7) is 6.03. The Hall–Kier alpha value is -2.36. The van der Waals surface area contributed by atoms with E-state index in [1.807, 2.05) is 24.5 Å². The number of hydrogen-bond donors (Lipinski definition) is 0. The van der Waals surface area contributed by atoms with Crippen molar-refractivity contribution in [2.24, 2.45) is 5.10 Å². The summed E-state index contributed by atoms with van der Waals surface area (Å²) in [5.41, 5.74) is 3.65. The van der Waals surface area contributed by atoms with Gasteiger partial charge < -0.3 is 4.90 Å². The maximum Gasteiger partial charge on any atom is 0.0558 e. The quantitative estimate of drug-likeness (QED) is 0.810. The Morgan fingerprint density at radius 2 is 1.81 bits per heavy atom. The van der Waals surface area contributed by atoms with E-state index in [1.165, 1.54) is 11.3 Å².